The van der Waals surface area contributed by atoms with Crippen LogP contribution in [0.5, 0.6) is 0 Å². The highest BCUT2D eigenvalue weighted by Crippen LogP contribution is 2.09. The Bertz CT molecular complexity index is 536. The van der Waals surface area contributed by atoms with E-state index in [9.17, 15) is 9.59 Å². The minimum absolute atomic E-state index is 0. The van der Waals surface area contributed by atoms with Crippen molar-refractivity contribution in [2.75, 3.05) is 56.1 Å². The third kappa shape index (κ3) is 9.11. The van der Waals surface area contributed by atoms with E-state index in [2.05, 4.69) is 20.9 Å². The van der Waals surface area contributed by atoms with E-state index in [1.807, 2.05) is 31.2 Å². The highest BCUT2D eigenvalue weighted by molar-refractivity contribution is 8.00. The number of benzene rings is 1. The van der Waals surface area contributed by atoms with Crippen LogP contribution < -0.4 is 16.0 Å². The molecule has 1 aromatic carbocycles. The van der Waals surface area contributed by atoms with Crippen LogP contribution in [0.2, 0.25) is 0 Å². The lowest BCUT2D eigenvalue weighted by atomic mass is 10.2. The van der Waals surface area contributed by atoms with E-state index >= 15 is 0 Å². The van der Waals surface area contributed by atoms with Crippen molar-refractivity contribution in [2.24, 2.45) is 0 Å². The molecule has 1 saturated heterocycles. The first kappa shape index (κ1) is 21.8. The Balaban J connectivity index is 0.00000312. The van der Waals surface area contributed by atoms with Gasteiger partial charge < -0.3 is 16.0 Å². The predicted octanol–water partition coefficient (Wildman–Crippen LogP) is 1.11. The van der Waals surface area contributed by atoms with Gasteiger partial charge in [-0.15, -0.1) is 24.2 Å². The van der Waals surface area contributed by atoms with Gasteiger partial charge >= 0.3 is 0 Å². The molecule has 1 aromatic rings. The lowest BCUT2D eigenvalue weighted by Crippen LogP contribution is -2.46. The molecule has 2 rings (SSSR count). The second-order valence-corrected chi connectivity index (χ2v) is 6.83. The van der Waals surface area contributed by atoms with Gasteiger partial charge in [0.25, 0.3) is 0 Å². The maximum absolute atomic E-state index is 11.8. The molecule has 0 aliphatic carbocycles. The molecule has 1 fully saturated rings. The molecule has 140 valence electrons. The summed E-state index contributed by atoms with van der Waals surface area (Å²) in [6.45, 7) is 7.64. The number of piperazine rings is 1. The summed E-state index contributed by atoms with van der Waals surface area (Å²) in [4.78, 5) is 25.9. The fourth-order valence-corrected chi connectivity index (χ4v) is 3.06. The first-order chi connectivity index (χ1) is 11.6. The highest BCUT2D eigenvalue weighted by Gasteiger charge is 2.10. The SMILES string of the molecule is Cc1ccc(NC(=O)CSCC(=O)NCCN2CCNCC2)cc1.Cl. The number of anilines is 1. The van der Waals surface area contributed by atoms with Crippen molar-refractivity contribution in [3.8, 4) is 0 Å². The van der Waals surface area contributed by atoms with Gasteiger partial charge in [0.1, 0.15) is 0 Å². The molecule has 0 spiro atoms. The Labute approximate surface area is 159 Å². The summed E-state index contributed by atoms with van der Waals surface area (Å²) < 4.78 is 0. The Morgan fingerprint density at radius 3 is 2.44 bits per heavy atom. The molecule has 8 heteroatoms. The number of aryl methyl sites for hydroxylation is 1. The minimum atomic E-state index is -0.0857. The van der Waals surface area contributed by atoms with Gasteiger partial charge in [-0.25, -0.2) is 0 Å². The number of hydrogen-bond acceptors (Lipinski definition) is 5. The number of carbonyl (C=O) groups is 2. The van der Waals surface area contributed by atoms with Gasteiger partial charge in [-0.1, -0.05) is 17.7 Å². The number of halogens is 1. The zero-order chi connectivity index (χ0) is 17.2. The van der Waals surface area contributed by atoms with Crippen LogP contribution in [-0.2, 0) is 9.59 Å². The van der Waals surface area contributed by atoms with Crippen LogP contribution in [0, 0.1) is 6.92 Å². The largest absolute Gasteiger partial charge is 0.354 e. The van der Waals surface area contributed by atoms with Crippen molar-refractivity contribution in [2.45, 2.75) is 6.92 Å². The topological polar surface area (TPSA) is 73.5 Å². The number of hydrogen-bond donors (Lipinski definition) is 3. The standard InChI is InChI=1S/C17H26N4O2S.ClH/c1-14-2-4-15(5-3-14)20-17(23)13-24-12-16(22)19-8-11-21-9-6-18-7-10-21;/h2-5,18H,6-13H2,1H3,(H,19,22)(H,20,23);1H. The molecule has 2 amide bonds. The van der Waals surface area contributed by atoms with E-state index in [1.165, 1.54) is 11.8 Å². The lowest BCUT2D eigenvalue weighted by molar-refractivity contribution is -0.118. The van der Waals surface area contributed by atoms with E-state index < -0.39 is 0 Å². The summed E-state index contributed by atoms with van der Waals surface area (Å²) in [5, 5.41) is 9.03. The Morgan fingerprint density at radius 1 is 1.12 bits per heavy atom. The number of rotatable bonds is 8. The smallest absolute Gasteiger partial charge is 0.234 e. The summed E-state index contributed by atoms with van der Waals surface area (Å²) >= 11 is 1.33. The van der Waals surface area contributed by atoms with Crippen LogP contribution in [0.1, 0.15) is 5.56 Å². The van der Waals surface area contributed by atoms with Crippen LogP contribution >= 0.6 is 24.2 Å². The van der Waals surface area contributed by atoms with Gasteiger partial charge in [0, 0.05) is 45.0 Å². The molecule has 1 aliphatic rings. The van der Waals surface area contributed by atoms with Gasteiger partial charge in [0.2, 0.25) is 11.8 Å². The fraction of sp³-hybridized carbons (Fsp3) is 0.529. The van der Waals surface area contributed by atoms with Crippen molar-refractivity contribution in [1.82, 2.24) is 15.5 Å². The minimum Gasteiger partial charge on any atom is -0.354 e. The van der Waals surface area contributed by atoms with Crippen LogP contribution in [0.15, 0.2) is 24.3 Å². The third-order valence-corrected chi connectivity index (χ3v) is 4.69. The Morgan fingerprint density at radius 2 is 1.76 bits per heavy atom. The molecule has 1 aliphatic heterocycles. The molecule has 25 heavy (non-hydrogen) atoms. The molecule has 3 N–H and O–H groups in total. The van der Waals surface area contributed by atoms with Gasteiger partial charge in [-0.05, 0) is 19.1 Å². The van der Waals surface area contributed by atoms with Crippen molar-refractivity contribution in [3.05, 3.63) is 29.8 Å². The molecule has 6 nitrogen and oxygen atoms in total. The molecule has 0 bridgehead atoms. The molecule has 0 aromatic heterocycles. The summed E-state index contributed by atoms with van der Waals surface area (Å²) in [5.41, 5.74) is 1.94. The second-order valence-electron chi connectivity index (χ2n) is 5.85. The quantitative estimate of drug-likeness (QED) is 0.624. The Hall–Kier alpha value is -1.28. The second kappa shape index (κ2) is 12.1. The molecule has 0 radical (unpaired) electrons. The maximum atomic E-state index is 11.8. The monoisotopic (exact) mass is 386 g/mol. The number of thioether (sulfide) groups is 1. The summed E-state index contributed by atoms with van der Waals surface area (Å²) in [7, 11) is 0. The fourth-order valence-electron chi connectivity index (χ4n) is 2.41. The van der Waals surface area contributed by atoms with E-state index in [4.69, 9.17) is 0 Å². The molecular formula is C17H27ClN4O2S. The van der Waals surface area contributed by atoms with E-state index in [0.717, 1.165) is 44.0 Å². The number of nitrogens with one attached hydrogen (secondary N) is 3. The van der Waals surface area contributed by atoms with Gasteiger partial charge in [-0.3, -0.25) is 14.5 Å². The molecular weight excluding hydrogens is 360 g/mol. The average Bonchev–Trinajstić information content (AvgIpc) is 2.58. The normalized spacial score (nSPS) is 14.4. The zero-order valence-electron chi connectivity index (χ0n) is 14.5. The van der Waals surface area contributed by atoms with Gasteiger partial charge in [0.15, 0.2) is 0 Å². The number of carbonyl (C=O) groups excluding carboxylic acids is 2. The molecule has 0 saturated carbocycles. The van der Waals surface area contributed by atoms with Gasteiger partial charge in [0.05, 0.1) is 11.5 Å². The van der Waals surface area contributed by atoms with Crippen molar-refractivity contribution < 1.29 is 9.59 Å². The lowest BCUT2D eigenvalue weighted by Gasteiger charge is -2.27. The first-order valence-corrected chi connectivity index (χ1v) is 9.43. The van der Waals surface area contributed by atoms with Crippen molar-refractivity contribution in [1.29, 1.82) is 0 Å². The molecule has 0 unspecified atom stereocenters. The average molecular weight is 387 g/mol. The summed E-state index contributed by atoms with van der Waals surface area (Å²) in [5.74, 6) is 0.484. The molecule has 1 heterocycles. The first-order valence-electron chi connectivity index (χ1n) is 8.27. The third-order valence-electron chi connectivity index (χ3n) is 3.76. The van der Waals surface area contributed by atoms with E-state index in [1.54, 1.807) is 0 Å². The summed E-state index contributed by atoms with van der Waals surface area (Å²) in [6, 6.07) is 7.66. The van der Waals surface area contributed by atoms with Crippen LogP contribution in [-0.4, -0.2) is 67.5 Å². The summed E-state index contributed by atoms with van der Waals surface area (Å²) in [6.07, 6.45) is 0. The van der Waals surface area contributed by atoms with Gasteiger partial charge in [-0.2, -0.15) is 0 Å². The predicted molar refractivity (Wildman–Crippen MR) is 107 cm³/mol. The maximum Gasteiger partial charge on any atom is 0.234 e. The molecule has 0 atom stereocenters. The zero-order valence-corrected chi connectivity index (χ0v) is 16.2. The van der Waals surface area contributed by atoms with Crippen molar-refractivity contribution in [3.63, 3.8) is 0 Å². The van der Waals surface area contributed by atoms with Crippen LogP contribution in [0.3, 0.4) is 0 Å². The van der Waals surface area contributed by atoms with Crippen LogP contribution in [0.4, 0.5) is 5.69 Å². The van der Waals surface area contributed by atoms with E-state index in [-0.39, 0.29) is 30.0 Å². The van der Waals surface area contributed by atoms with Crippen LogP contribution in [0.25, 0.3) is 0 Å². The highest BCUT2D eigenvalue weighted by atomic mass is 35.5. The Kier molecular flexibility index (Phi) is 10.6. The van der Waals surface area contributed by atoms with E-state index in [0.29, 0.717) is 12.3 Å². The van der Waals surface area contributed by atoms with Crippen molar-refractivity contribution >= 4 is 41.7 Å². The number of amides is 2. The number of nitrogens with zero attached hydrogens (tertiary/aromatic N) is 1.